The van der Waals surface area contributed by atoms with Crippen molar-refractivity contribution in [1.29, 1.82) is 0 Å². The number of aromatic nitrogens is 4. The van der Waals surface area contributed by atoms with Crippen LogP contribution < -0.4 is 15.0 Å². The third-order valence-corrected chi connectivity index (χ3v) is 5.47. The number of nitrogens with zero attached hydrogens (tertiary/aromatic N) is 5. The van der Waals surface area contributed by atoms with E-state index in [0.29, 0.717) is 6.54 Å². The van der Waals surface area contributed by atoms with Gasteiger partial charge in [0.1, 0.15) is 11.6 Å². The second-order valence-electron chi connectivity index (χ2n) is 7.36. The zero-order valence-corrected chi connectivity index (χ0v) is 16.8. The van der Waals surface area contributed by atoms with Gasteiger partial charge in [-0.15, -0.1) is 15.3 Å². The number of methoxy groups -OCH3 is 1. The van der Waals surface area contributed by atoms with Crippen LogP contribution in [0.3, 0.4) is 0 Å². The molecule has 1 aromatic carbocycles. The lowest BCUT2D eigenvalue weighted by Gasteiger charge is -2.32. The minimum absolute atomic E-state index is 0.0579. The van der Waals surface area contributed by atoms with E-state index in [9.17, 15) is 4.79 Å². The lowest BCUT2D eigenvalue weighted by Crippen LogP contribution is -2.41. The van der Waals surface area contributed by atoms with Crippen molar-refractivity contribution in [3.63, 3.8) is 0 Å². The molecule has 152 valence electrons. The predicted molar refractivity (Wildman–Crippen MR) is 110 cm³/mol. The smallest absolute Gasteiger partial charge is 0.223 e. The van der Waals surface area contributed by atoms with Gasteiger partial charge in [0, 0.05) is 25.6 Å². The Hall–Kier alpha value is -3.16. The molecule has 0 spiro atoms. The summed E-state index contributed by atoms with van der Waals surface area (Å²) in [4.78, 5) is 14.8. The van der Waals surface area contributed by atoms with Crippen LogP contribution in [0.5, 0.6) is 5.75 Å². The van der Waals surface area contributed by atoms with Crippen molar-refractivity contribution in [3.05, 3.63) is 47.8 Å². The Labute approximate surface area is 169 Å². The van der Waals surface area contributed by atoms with Gasteiger partial charge < -0.3 is 15.0 Å². The summed E-state index contributed by atoms with van der Waals surface area (Å²) >= 11 is 0. The molecule has 3 aromatic rings. The number of rotatable bonds is 6. The van der Waals surface area contributed by atoms with Crippen molar-refractivity contribution in [1.82, 2.24) is 25.1 Å². The number of amides is 1. The minimum atomic E-state index is 0.0579. The molecule has 1 amide bonds. The highest BCUT2D eigenvalue weighted by molar-refractivity contribution is 5.79. The highest BCUT2D eigenvalue weighted by Crippen LogP contribution is 2.22. The molecule has 0 radical (unpaired) electrons. The van der Waals surface area contributed by atoms with Gasteiger partial charge in [-0.3, -0.25) is 4.79 Å². The van der Waals surface area contributed by atoms with E-state index >= 15 is 0 Å². The number of fused-ring (bicyclic) bond motifs is 1. The summed E-state index contributed by atoms with van der Waals surface area (Å²) in [5, 5.41) is 15.8. The van der Waals surface area contributed by atoms with Crippen LogP contribution in [0.2, 0.25) is 0 Å². The van der Waals surface area contributed by atoms with Crippen molar-refractivity contribution >= 4 is 17.4 Å². The number of anilines is 1. The molecule has 1 aliphatic rings. The molecule has 0 saturated carbocycles. The van der Waals surface area contributed by atoms with E-state index in [1.165, 1.54) is 5.56 Å². The fourth-order valence-corrected chi connectivity index (χ4v) is 3.69. The van der Waals surface area contributed by atoms with Crippen molar-refractivity contribution < 1.29 is 9.53 Å². The molecule has 1 N–H and O–H groups in total. The van der Waals surface area contributed by atoms with Gasteiger partial charge in [0.25, 0.3) is 0 Å². The first-order valence-electron chi connectivity index (χ1n) is 9.98. The summed E-state index contributed by atoms with van der Waals surface area (Å²) in [7, 11) is 1.66. The van der Waals surface area contributed by atoms with Crippen LogP contribution in [0.1, 0.15) is 24.2 Å². The van der Waals surface area contributed by atoms with Crippen molar-refractivity contribution in [3.8, 4) is 5.75 Å². The number of benzene rings is 1. The lowest BCUT2D eigenvalue weighted by atomic mass is 9.96. The van der Waals surface area contributed by atoms with E-state index in [1.807, 2.05) is 43.3 Å². The van der Waals surface area contributed by atoms with Gasteiger partial charge in [0.2, 0.25) is 5.91 Å². The summed E-state index contributed by atoms with van der Waals surface area (Å²) in [6.45, 7) is 4.17. The maximum atomic E-state index is 12.5. The molecule has 1 fully saturated rings. The van der Waals surface area contributed by atoms with Gasteiger partial charge >= 0.3 is 0 Å². The van der Waals surface area contributed by atoms with Crippen molar-refractivity contribution in [2.24, 2.45) is 5.92 Å². The maximum absolute atomic E-state index is 12.5. The number of carbonyl (C=O) groups is 1. The van der Waals surface area contributed by atoms with E-state index in [2.05, 4.69) is 25.5 Å². The third-order valence-electron chi connectivity index (χ3n) is 5.47. The monoisotopic (exact) mass is 394 g/mol. The average Bonchev–Trinajstić information content (AvgIpc) is 3.14. The van der Waals surface area contributed by atoms with Crippen LogP contribution in [0, 0.1) is 12.8 Å². The third kappa shape index (κ3) is 4.31. The number of hydrogen-bond acceptors (Lipinski definition) is 6. The van der Waals surface area contributed by atoms with Gasteiger partial charge in [0.15, 0.2) is 11.5 Å². The van der Waals surface area contributed by atoms with Gasteiger partial charge in [-0.2, -0.15) is 4.52 Å². The van der Waals surface area contributed by atoms with Gasteiger partial charge in [-0.25, -0.2) is 0 Å². The standard InChI is InChI=1S/C21H26N6O2/c1-15-23-24-19-7-8-20(25-27(15)19)26-13-10-17(11-14-26)21(28)22-12-9-16-3-5-18(29-2)6-4-16/h3-8,17H,9-14H2,1-2H3,(H,22,28). The molecule has 2 aromatic heterocycles. The minimum Gasteiger partial charge on any atom is -0.497 e. The highest BCUT2D eigenvalue weighted by atomic mass is 16.5. The molecule has 3 heterocycles. The molecule has 0 atom stereocenters. The summed E-state index contributed by atoms with van der Waals surface area (Å²) in [6, 6.07) is 11.9. The molecule has 0 unspecified atom stereocenters. The van der Waals surface area contributed by atoms with Gasteiger partial charge in [-0.1, -0.05) is 12.1 Å². The Morgan fingerprint density at radius 3 is 2.62 bits per heavy atom. The Kier molecular flexibility index (Phi) is 5.59. The second kappa shape index (κ2) is 8.46. The first-order valence-corrected chi connectivity index (χ1v) is 9.98. The largest absolute Gasteiger partial charge is 0.497 e. The second-order valence-corrected chi connectivity index (χ2v) is 7.36. The number of hydrogen-bond donors (Lipinski definition) is 1. The summed E-state index contributed by atoms with van der Waals surface area (Å²) in [6.07, 6.45) is 2.47. The van der Waals surface area contributed by atoms with E-state index in [0.717, 1.165) is 55.4 Å². The number of carbonyl (C=O) groups excluding carboxylic acids is 1. The van der Waals surface area contributed by atoms with Crippen molar-refractivity contribution in [2.45, 2.75) is 26.2 Å². The number of aryl methyl sites for hydroxylation is 1. The number of piperidine rings is 1. The molecular formula is C21H26N6O2. The molecular weight excluding hydrogens is 368 g/mol. The van der Waals surface area contributed by atoms with Crippen molar-refractivity contribution in [2.75, 3.05) is 31.6 Å². The van der Waals surface area contributed by atoms with Gasteiger partial charge in [-0.05, 0) is 56.0 Å². The SMILES string of the molecule is COc1ccc(CCNC(=O)C2CCN(c3ccc4nnc(C)n4n3)CC2)cc1. The summed E-state index contributed by atoms with van der Waals surface area (Å²) < 4.78 is 6.93. The van der Waals surface area contributed by atoms with Crippen LogP contribution in [-0.4, -0.2) is 52.5 Å². The van der Waals surface area contributed by atoms with E-state index in [4.69, 9.17) is 4.74 Å². The van der Waals surface area contributed by atoms with Crippen LogP contribution in [-0.2, 0) is 11.2 Å². The number of nitrogens with one attached hydrogen (secondary N) is 1. The fraction of sp³-hybridized carbons (Fsp3) is 0.429. The Balaban J connectivity index is 1.26. The van der Waals surface area contributed by atoms with E-state index < -0.39 is 0 Å². The Bertz CT molecular complexity index is 977. The van der Waals surface area contributed by atoms with E-state index in [1.54, 1.807) is 11.6 Å². The molecule has 0 aliphatic carbocycles. The van der Waals surface area contributed by atoms with Crippen LogP contribution in [0.25, 0.3) is 5.65 Å². The molecule has 4 rings (SSSR count). The molecule has 1 saturated heterocycles. The highest BCUT2D eigenvalue weighted by Gasteiger charge is 2.25. The maximum Gasteiger partial charge on any atom is 0.223 e. The van der Waals surface area contributed by atoms with Gasteiger partial charge in [0.05, 0.1) is 7.11 Å². The summed E-state index contributed by atoms with van der Waals surface area (Å²) in [5.41, 5.74) is 1.93. The molecule has 0 bridgehead atoms. The lowest BCUT2D eigenvalue weighted by molar-refractivity contribution is -0.125. The van der Waals surface area contributed by atoms with Crippen LogP contribution in [0.15, 0.2) is 36.4 Å². The van der Waals surface area contributed by atoms with E-state index in [-0.39, 0.29) is 11.8 Å². The molecule has 8 nitrogen and oxygen atoms in total. The zero-order chi connectivity index (χ0) is 20.2. The number of ether oxygens (including phenoxy) is 1. The first kappa shape index (κ1) is 19.2. The molecule has 29 heavy (non-hydrogen) atoms. The quantitative estimate of drug-likeness (QED) is 0.689. The van der Waals surface area contributed by atoms with Crippen LogP contribution in [0.4, 0.5) is 5.82 Å². The predicted octanol–water partition coefficient (Wildman–Crippen LogP) is 2.02. The molecule has 8 heteroatoms. The average molecular weight is 394 g/mol. The Morgan fingerprint density at radius 2 is 1.90 bits per heavy atom. The molecule has 1 aliphatic heterocycles. The fourth-order valence-electron chi connectivity index (χ4n) is 3.69. The normalized spacial score (nSPS) is 14.9. The topological polar surface area (TPSA) is 84.6 Å². The van der Waals surface area contributed by atoms with Crippen LogP contribution >= 0.6 is 0 Å². The summed E-state index contributed by atoms with van der Waals surface area (Å²) in [5.74, 6) is 2.73. The first-order chi connectivity index (χ1) is 14.1. The Morgan fingerprint density at radius 1 is 1.14 bits per heavy atom. The zero-order valence-electron chi connectivity index (χ0n) is 16.8.